The monoisotopic (exact) mass is 287 g/mol. The molecule has 0 aromatic carbocycles. The second-order valence-corrected chi connectivity index (χ2v) is 6.49. The number of carboxylic acids is 1. The van der Waals surface area contributed by atoms with Crippen LogP contribution < -0.4 is 4.90 Å². The Morgan fingerprint density at radius 3 is 3.00 bits per heavy atom. The minimum atomic E-state index is -0.749. The molecule has 2 heterocycles. The van der Waals surface area contributed by atoms with Gasteiger partial charge in [-0.15, -0.1) is 0 Å². The highest BCUT2D eigenvalue weighted by atomic mass is 32.2. The molecule has 1 unspecified atom stereocenters. The highest BCUT2D eigenvalue weighted by molar-refractivity contribution is 7.99. The number of rotatable bonds is 4. The van der Waals surface area contributed by atoms with Crippen molar-refractivity contribution in [1.82, 2.24) is 9.36 Å². The molecule has 1 aromatic heterocycles. The predicted octanol–water partition coefficient (Wildman–Crippen LogP) is 2.06. The molecule has 1 atom stereocenters. The summed E-state index contributed by atoms with van der Waals surface area (Å²) in [7, 11) is 0. The number of nitrogens with zero attached hydrogens (tertiary/aromatic N) is 3. The number of carboxylic acid groups (broad SMARTS) is 1. The van der Waals surface area contributed by atoms with Gasteiger partial charge in [0.25, 0.3) is 0 Å². The summed E-state index contributed by atoms with van der Waals surface area (Å²) in [6.45, 7) is 4.98. The molecule has 1 saturated heterocycles. The molecule has 18 heavy (non-hydrogen) atoms. The quantitative estimate of drug-likeness (QED) is 0.914. The molecule has 0 radical (unpaired) electrons. The molecule has 100 valence electrons. The number of aromatic nitrogens is 2. The summed E-state index contributed by atoms with van der Waals surface area (Å²) >= 11 is 3.19. The van der Waals surface area contributed by atoms with Crippen LogP contribution in [0.2, 0.25) is 0 Å². The van der Waals surface area contributed by atoms with E-state index in [9.17, 15) is 4.79 Å². The van der Waals surface area contributed by atoms with E-state index in [2.05, 4.69) is 28.1 Å². The fourth-order valence-electron chi connectivity index (χ4n) is 1.85. The van der Waals surface area contributed by atoms with E-state index in [0.29, 0.717) is 5.92 Å². The molecule has 0 aliphatic carbocycles. The van der Waals surface area contributed by atoms with Crippen molar-refractivity contribution in [1.29, 1.82) is 0 Å². The second kappa shape index (κ2) is 5.88. The first kappa shape index (κ1) is 13.6. The summed E-state index contributed by atoms with van der Waals surface area (Å²) in [6.07, 6.45) is 0.170. The third-order valence-electron chi connectivity index (χ3n) is 2.83. The molecule has 1 aliphatic rings. The molecule has 0 saturated carbocycles. The summed E-state index contributed by atoms with van der Waals surface area (Å²) in [5.41, 5.74) is 0. The van der Waals surface area contributed by atoms with Gasteiger partial charge in [-0.25, -0.2) is 4.98 Å². The average Bonchev–Trinajstić information content (AvgIpc) is 2.78. The fraction of sp³-hybridized carbons (Fsp3) is 0.727. The number of hydrogen-bond donors (Lipinski definition) is 1. The zero-order valence-corrected chi connectivity index (χ0v) is 12.1. The summed E-state index contributed by atoms with van der Waals surface area (Å²) in [4.78, 5) is 17.5. The highest BCUT2D eigenvalue weighted by Crippen LogP contribution is 2.28. The van der Waals surface area contributed by atoms with Crippen molar-refractivity contribution in [2.45, 2.75) is 32.2 Å². The van der Waals surface area contributed by atoms with Crippen molar-refractivity contribution >= 4 is 34.4 Å². The van der Waals surface area contributed by atoms with E-state index in [1.807, 2.05) is 11.8 Å². The zero-order valence-electron chi connectivity index (χ0n) is 10.5. The normalized spacial score (nSPS) is 20.4. The Morgan fingerprint density at radius 1 is 1.61 bits per heavy atom. The van der Waals surface area contributed by atoms with Crippen molar-refractivity contribution < 1.29 is 9.90 Å². The SMILES string of the molecule is CC(C)c1nsc(N2CCSCC2CC(=O)O)n1. The third-order valence-corrected chi connectivity index (χ3v) is 4.69. The van der Waals surface area contributed by atoms with E-state index in [4.69, 9.17) is 5.11 Å². The Hall–Kier alpha value is -0.820. The molecular weight excluding hydrogens is 270 g/mol. The summed E-state index contributed by atoms with van der Waals surface area (Å²) in [5, 5.41) is 9.82. The molecule has 1 N–H and O–H groups in total. The maximum Gasteiger partial charge on any atom is 0.305 e. The number of thioether (sulfide) groups is 1. The first-order chi connectivity index (χ1) is 8.58. The van der Waals surface area contributed by atoms with Gasteiger partial charge in [-0.3, -0.25) is 4.79 Å². The van der Waals surface area contributed by atoms with Crippen LogP contribution in [0.4, 0.5) is 5.13 Å². The molecular formula is C11H17N3O2S2. The van der Waals surface area contributed by atoms with Gasteiger partial charge in [-0.05, 0) is 0 Å². The van der Waals surface area contributed by atoms with Crippen LogP contribution in [-0.2, 0) is 4.79 Å². The lowest BCUT2D eigenvalue weighted by Gasteiger charge is -2.33. The molecule has 1 aromatic rings. The van der Waals surface area contributed by atoms with Crippen LogP contribution in [0.1, 0.15) is 32.0 Å². The standard InChI is InChI=1S/C11H17N3O2S2/c1-7(2)10-12-11(18-13-10)14-3-4-17-6-8(14)5-9(15)16/h7-8H,3-6H2,1-2H3,(H,15,16). The van der Waals surface area contributed by atoms with E-state index in [1.165, 1.54) is 11.5 Å². The minimum Gasteiger partial charge on any atom is -0.481 e. The first-order valence-electron chi connectivity index (χ1n) is 5.97. The Labute approximate surface area is 115 Å². The van der Waals surface area contributed by atoms with Crippen LogP contribution in [0.25, 0.3) is 0 Å². The second-order valence-electron chi connectivity index (χ2n) is 4.61. The molecule has 0 spiro atoms. The summed E-state index contributed by atoms with van der Waals surface area (Å²) in [5.74, 6) is 2.28. The van der Waals surface area contributed by atoms with E-state index >= 15 is 0 Å². The van der Waals surface area contributed by atoms with E-state index < -0.39 is 5.97 Å². The van der Waals surface area contributed by atoms with Crippen LogP contribution in [-0.4, -0.2) is 44.5 Å². The largest absolute Gasteiger partial charge is 0.481 e. The van der Waals surface area contributed by atoms with Crippen LogP contribution in [0.5, 0.6) is 0 Å². The third kappa shape index (κ3) is 3.14. The Bertz CT molecular complexity index is 422. The number of carbonyl (C=O) groups is 1. The lowest BCUT2D eigenvalue weighted by atomic mass is 10.2. The Morgan fingerprint density at radius 2 is 2.39 bits per heavy atom. The molecule has 1 fully saturated rings. The molecule has 7 heteroatoms. The summed E-state index contributed by atoms with van der Waals surface area (Å²) < 4.78 is 4.34. The van der Waals surface area contributed by atoms with Crippen LogP contribution in [0.3, 0.4) is 0 Å². The maximum absolute atomic E-state index is 10.9. The topological polar surface area (TPSA) is 66.3 Å². The van der Waals surface area contributed by atoms with E-state index in [1.54, 1.807) is 0 Å². The van der Waals surface area contributed by atoms with Gasteiger partial charge in [-0.1, -0.05) is 13.8 Å². The Kier molecular flexibility index (Phi) is 4.45. The van der Waals surface area contributed by atoms with Gasteiger partial charge >= 0.3 is 5.97 Å². The fourth-order valence-corrected chi connectivity index (χ4v) is 3.82. The van der Waals surface area contributed by atoms with Gasteiger partial charge in [0.05, 0.1) is 12.5 Å². The molecule has 0 amide bonds. The Balaban J connectivity index is 2.14. The molecule has 5 nitrogen and oxygen atoms in total. The smallest absolute Gasteiger partial charge is 0.305 e. The van der Waals surface area contributed by atoms with Crippen LogP contribution in [0.15, 0.2) is 0 Å². The first-order valence-corrected chi connectivity index (χ1v) is 7.90. The lowest BCUT2D eigenvalue weighted by molar-refractivity contribution is -0.137. The predicted molar refractivity (Wildman–Crippen MR) is 74.7 cm³/mol. The zero-order chi connectivity index (χ0) is 13.1. The van der Waals surface area contributed by atoms with E-state index in [-0.39, 0.29) is 12.5 Å². The van der Waals surface area contributed by atoms with E-state index in [0.717, 1.165) is 29.0 Å². The van der Waals surface area contributed by atoms with Crippen molar-refractivity contribution in [2.75, 3.05) is 23.0 Å². The number of anilines is 1. The van der Waals surface area contributed by atoms with Gasteiger partial charge in [0.2, 0.25) is 5.13 Å². The van der Waals surface area contributed by atoms with Crippen molar-refractivity contribution in [2.24, 2.45) is 0 Å². The van der Waals surface area contributed by atoms with Gasteiger partial charge in [-0.2, -0.15) is 16.1 Å². The van der Waals surface area contributed by atoms with Gasteiger partial charge in [0, 0.05) is 35.5 Å². The van der Waals surface area contributed by atoms with Crippen molar-refractivity contribution in [3.63, 3.8) is 0 Å². The number of hydrogen-bond acceptors (Lipinski definition) is 6. The van der Waals surface area contributed by atoms with Crippen molar-refractivity contribution in [3.05, 3.63) is 5.82 Å². The van der Waals surface area contributed by atoms with Crippen LogP contribution >= 0.6 is 23.3 Å². The average molecular weight is 287 g/mol. The summed E-state index contributed by atoms with van der Waals surface area (Å²) in [6, 6.07) is 0.0363. The molecule has 1 aliphatic heterocycles. The van der Waals surface area contributed by atoms with Crippen molar-refractivity contribution in [3.8, 4) is 0 Å². The number of aliphatic carboxylic acids is 1. The molecule has 2 rings (SSSR count). The lowest BCUT2D eigenvalue weighted by Crippen LogP contribution is -2.43. The maximum atomic E-state index is 10.9. The van der Waals surface area contributed by atoms with Crippen LogP contribution in [0, 0.1) is 0 Å². The minimum absolute atomic E-state index is 0.0363. The van der Waals surface area contributed by atoms with Gasteiger partial charge < -0.3 is 10.0 Å². The van der Waals surface area contributed by atoms with Gasteiger partial charge in [0.15, 0.2) is 0 Å². The highest BCUT2D eigenvalue weighted by Gasteiger charge is 2.27. The molecule has 0 bridgehead atoms. The van der Waals surface area contributed by atoms with Gasteiger partial charge in [0.1, 0.15) is 5.82 Å².